The summed E-state index contributed by atoms with van der Waals surface area (Å²) in [5.41, 5.74) is 1.05. The van der Waals surface area contributed by atoms with Gasteiger partial charge in [-0.05, 0) is 23.8 Å². The summed E-state index contributed by atoms with van der Waals surface area (Å²) in [6.45, 7) is 1.97. The van der Waals surface area contributed by atoms with Crippen LogP contribution in [0.4, 0.5) is 4.39 Å². The molecule has 1 aromatic carbocycles. The van der Waals surface area contributed by atoms with Crippen molar-refractivity contribution in [1.29, 1.82) is 0 Å². The van der Waals surface area contributed by atoms with Crippen molar-refractivity contribution < 1.29 is 9.13 Å². The van der Waals surface area contributed by atoms with E-state index in [0.717, 1.165) is 5.56 Å². The van der Waals surface area contributed by atoms with Crippen molar-refractivity contribution in [2.75, 3.05) is 13.2 Å². The fraction of sp³-hybridized carbons (Fsp3) is 0.214. The molecule has 0 spiro atoms. The first-order valence-corrected chi connectivity index (χ1v) is 5.83. The van der Waals surface area contributed by atoms with E-state index in [-0.39, 0.29) is 18.2 Å². The van der Waals surface area contributed by atoms with Gasteiger partial charge < -0.3 is 10.1 Å². The molecule has 0 aliphatic rings. The van der Waals surface area contributed by atoms with Gasteiger partial charge in [0.2, 0.25) is 5.88 Å². The Hall–Kier alpha value is -1.65. The Morgan fingerprint density at radius 3 is 2.58 bits per heavy atom. The van der Waals surface area contributed by atoms with Gasteiger partial charge in [-0.15, -0.1) is 12.4 Å². The number of hydrogen-bond acceptors (Lipinski definition) is 3. The maximum absolute atomic E-state index is 12.7. The second kappa shape index (κ2) is 8.45. The van der Waals surface area contributed by atoms with Gasteiger partial charge in [0.15, 0.2) is 0 Å². The van der Waals surface area contributed by atoms with Crippen LogP contribution in [0.25, 0.3) is 0 Å². The van der Waals surface area contributed by atoms with E-state index in [2.05, 4.69) is 10.3 Å². The Morgan fingerprint density at radius 1 is 1.11 bits per heavy atom. The van der Waals surface area contributed by atoms with Gasteiger partial charge >= 0.3 is 0 Å². The first-order valence-electron chi connectivity index (χ1n) is 5.83. The van der Waals surface area contributed by atoms with E-state index in [0.29, 0.717) is 25.6 Å². The molecule has 0 saturated carbocycles. The standard InChI is InChI=1S/C14H15FN2O.ClH/c15-13-6-4-12(5-7-13)11-16-9-10-18-14-3-1-2-8-17-14;/h1-8,16H,9-11H2;1H. The predicted molar refractivity (Wildman–Crippen MR) is 75.1 cm³/mol. The number of halogens is 2. The summed E-state index contributed by atoms with van der Waals surface area (Å²) in [7, 11) is 0. The van der Waals surface area contributed by atoms with Crippen LogP contribution in [0.3, 0.4) is 0 Å². The van der Waals surface area contributed by atoms with Gasteiger partial charge in [-0.25, -0.2) is 9.37 Å². The minimum absolute atomic E-state index is 0. The van der Waals surface area contributed by atoms with Crippen LogP contribution in [0.5, 0.6) is 5.88 Å². The molecule has 3 nitrogen and oxygen atoms in total. The Balaban J connectivity index is 0.00000180. The zero-order valence-corrected chi connectivity index (χ0v) is 11.2. The van der Waals surface area contributed by atoms with E-state index >= 15 is 0 Å². The summed E-state index contributed by atoms with van der Waals surface area (Å²) in [6, 6.07) is 12.0. The van der Waals surface area contributed by atoms with Crippen molar-refractivity contribution in [2.45, 2.75) is 6.54 Å². The number of nitrogens with zero attached hydrogens (tertiary/aromatic N) is 1. The summed E-state index contributed by atoms with van der Waals surface area (Å²) < 4.78 is 18.1. The Kier molecular flexibility index (Phi) is 6.85. The Bertz CT molecular complexity index is 465. The molecule has 1 N–H and O–H groups in total. The van der Waals surface area contributed by atoms with Crippen molar-refractivity contribution in [3.63, 3.8) is 0 Å². The van der Waals surface area contributed by atoms with Crippen LogP contribution >= 0.6 is 12.4 Å². The van der Waals surface area contributed by atoms with Crippen molar-refractivity contribution in [3.8, 4) is 5.88 Å². The van der Waals surface area contributed by atoms with Gasteiger partial charge in [-0.1, -0.05) is 18.2 Å². The van der Waals surface area contributed by atoms with Crippen molar-refractivity contribution in [2.24, 2.45) is 0 Å². The predicted octanol–water partition coefficient (Wildman–Crippen LogP) is 2.81. The molecule has 0 aliphatic carbocycles. The fourth-order valence-electron chi connectivity index (χ4n) is 1.50. The van der Waals surface area contributed by atoms with Crippen LogP contribution in [0.15, 0.2) is 48.7 Å². The second-order valence-electron chi connectivity index (χ2n) is 3.82. The zero-order valence-electron chi connectivity index (χ0n) is 10.4. The van der Waals surface area contributed by atoms with Gasteiger partial charge in [-0.3, -0.25) is 0 Å². The topological polar surface area (TPSA) is 34.1 Å². The molecule has 0 fully saturated rings. The van der Waals surface area contributed by atoms with Gasteiger partial charge in [0, 0.05) is 25.4 Å². The number of benzene rings is 1. The summed E-state index contributed by atoms with van der Waals surface area (Å²) in [4.78, 5) is 4.05. The third-order valence-corrected chi connectivity index (χ3v) is 2.41. The zero-order chi connectivity index (χ0) is 12.6. The van der Waals surface area contributed by atoms with E-state index in [4.69, 9.17) is 4.74 Å². The van der Waals surface area contributed by atoms with Gasteiger partial charge in [-0.2, -0.15) is 0 Å². The molecule has 2 rings (SSSR count). The molecule has 0 radical (unpaired) electrons. The molecule has 0 amide bonds. The molecule has 5 heteroatoms. The quantitative estimate of drug-likeness (QED) is 0.828. The van der Waals surface area contributed by atoms with Crippen molar-refractivity contribution in [1.82, 2.24) is 10.3 Å². The molecular formula is C14H16ClFN2O. The SMILES string of the molecule is Cl.Fc1ccc(CNCCOc2ccccn2)cc1. The van der Waals surface area contributed by atoms with E-state index in [9.17, 15) is 4.39 Å². The van der Waals surface area contributed by atoms with Gasteiger partial charge in [0.25, 0.3) is 0 Å². The lowest BCUT2D eigenvalue weighted by atomic mass is 10.2. The summed E-state index contributed by atoms with van der Waals surface area (Å²) >= 11 is 0. The lowest BCUT2D eigenvalue weighted by Crippen LogP contribution is -2.20. The average molecular weight is 283 g/mol. The molecule has 0 unspecified atom stereocenters. The van der Waals surface area contributed by atoms with Crippen LogP contribution < -0.4 is 10.1 Å². The molecule has 102 valence electrons. The maximum Gasteiger partial charge on any atom is 0.213 e. The number of hydrogen-bond donors (Lipinski definition) is 1. The highest BCUT2D eigenvalue weighted by molar-refractivity contribution is 5.85. The number of ether oxygens (including phenoxy) is 1. The smallest absolute Gasteiger partial charge is 0.213 e. The second-order valence-corrected chi connectivity index (χ2v) is 3.82. The highest BCUT2D eigenvalue weighted by Crippen LogP contribution is 2.03. The molecule has 0 aliphatic heterocycles. The van der Waals surface area contributed by atoms with Crippen molar-refractivity contribution in [3.05, 3.63) is 60.0 Å². The minimum atomic E-state index is -0.211. The van der Waals surface area contributed by atoms with Gasteiger partial charge in [0.1, 0.15) is 12.4 Å². The Morgan fingerprint density at radius 2 is 1.89 bits per heavy atom. The molecular weight excluding hydrogens is 267 g/mol. The molecule has 1 aromatic heterocycles. The number of rotatable bonds is 6. The normalized spacial score (nSPS) is 9.74. The molecule has 0 bridgehead atoms. The summed E-state index contributed by atoms with van der Waals surface area (Å²) in [5, 5.41) is 3.22. The molecule has 2 aromatic rings. The largest absolute Gasteiger partial charge is 0.476 e. The number of nitrogens with one attached hydrogen (secondary N) is 1. The lowest BCUT2D eigenvalue weighted by molar-refractivity contribution is 0.302. The first kappa shape index (κ1) is 15.4. The number of aromatic nitrogens is 1. The Labute approximate surface area is 118 Å². The fourth-order valence-corrected chi connectivity index (χ4v) is 1.50. The highest BCUT2D eigenvalue weighted by Gasteiger charge is 1.95. The molecule has 19 heavy (non-hydrogen) atoms. The van der Waals surface area contributed by atoms with Crippen LogP contribution in [0.1, 0.15) is 5.56 Å². The lowest BCUT2D eigenvalue weighted by Gasteiger charge is -2.06. The van der Waals surface area contributed by atoms with Crippen LogP contribution in [-0.4, -0.2) is 18.1 Å². The van der Waals surface area contributed by atoms with E-state index in [1.807, 2.05) is 18.2 Å². The monoisotopic (exact) mass is 282 g/mol. The maximum atomic E-state index is 12.7. The third kappa shape index (κ3) is 5.68. The summed E-state index contributed by atoms with van der Waals surface area (Å²) in [6.07, 6.45) is 1.70. The average Bonchev–Trinajstić information content (AvgIpc) is 2.42. The molecule has 0 saturated heterocycles. The van der Waals surface area contributed by atoms with Gasteiger partial charge in [0.05, 0.1) is 0 Å². The van der Waals surface area contributed by atoms with E-state index in [1.54, 1.807) is 18.3 Å². The van der Waals surface area contributed by atoms with Crippen LogP contribution in [0, 0.1) is 5.82 Å². The van der Waals surface area contributed by atoms with E-state index < -0.39 is 0 Å². The molecule has 0 atom stereocenters. The highest BCUT2D eigenvalue weighted by atomic mass is 35.5. The summed E-state index contributed by atoms with van der Waals surface area (Å²) in [5.74, 6) is 0.415. The minimum Gasteiger partial charge on any atom is -0.476 e. The molecule has 1 heterocycles. The number of pyridine rings is 1. The van der Waals surface area contributed by atoms with E-state index in [1.165, 1.54) is 12.1 Å². The third-order valence-electron chi connectivity index (χ3n) is 2.41. The van der Waals surface area contributed by atoms with Crippen LogP contribution in [0.2, 0.25) is 0 Å². The van der Waals surface area contributed by atoms with Crippen molar-refractivity contribution >= 4 is 12.4 Å². The van der Waals surface area contributed by atoms with Crippen LogP contribution in [-0.2, 0) is 6.54 Å². The first-order chi connectivity index (χ1) is 8.84.